The lowest BCUT2D eigenvalue weighted by Crippen LogP contribution is -2.46. The van der Waals surface area contributed by atoms with Crippen molar-refractivity contribution in [1.82, 2.24) is 9.55 Å². The monoisotopic (exact) mass is 379 g/mol. The van der Waals surface area contributed by atoms with Crippen LogP contribution < -0.4 is 4.90 Å². The van der Waals surface area contributed by atoms with Crippen LogP contribution in [0.2, 0.25) is 5.02 Å². The van der Waals surface area contributed by atoms with Gasteiger partial charge in [0.1, 0.15) is 6.33 Å². The number of rotatable bonds is 3. The molecular formula is C21H18ClN3O2. The summed E-state index contributed by atoms with van der Waals surface area (Å²) in [5.41, 5.74) is 1.67. The first-order valence-electron chi connectivity index (χ1n) is 8.80. The van der Waals surface area contributed by atoms with E-state index < -0.39 is 6.04 Å². The minimum atomic E-state index is -0.402. The van der Waals surface area contributed by atoms with Crippen molar-refractivity contribution in [3.8, 4) is 0 Å². The third kappa shape index (κ3) is 3.38. The molecule has 0 radical (unpaired) electrons. The van der Waals surface area contributed by atoms with Gasteiger partial charge in [-0.15, -0.1) is 0 Å². The molecule has 5 nitrogen and oxygen atoms in total. The van der Waals surface area contributed by atoms with Crippen molar-refractivity contribution in [1.29, 1.82) is 0 Å². The highest BCUT2D eigenvalue weighted by Crippen LogP contribution is 2.40. The molecule has 2 unspecified atom stereocenters. The molecule has 2 aromatic carbocycles. The number of imidazole rings is 1. The Hall–Kier alpha value is -2.92. The number of benzene rings is 2. The highest BCUT2D eigenvalue weighted by Gasteiger charge is 2.41. The first-order chi connectivity index (χ1) is 13.1. The number of amides is 1. The third-order valence-electron chi connectivity index (χ3n) is 4.92. The van der Waals surface area contributed by atoms with E-state index in [-0.39, 0.29) is 17.7 Å². The molecule has 2 heterocycles. The summed E-state index contributed by atoms with van der Waals surface area (Å²) in [6, 6.07) is 16.4. The largest absolute Gasteiger partial charge is 0.304 e. The van der Waals surface area contributed by atoms with Gasteiger partial charge in [0.15, 0.2) is 0 Å². The van der Waals surface area contributed by atoms with Gasteiger partial charge in [0, 0.05) is 29.5 Å². The standard InChI is InChI=1S/C21H18ClN3O2/c22-16-8-6-15(7-9-16)20-18(21(27)24-13-12-23-14-24)10-11-19(26)25(20)17-4-2-1-3-5-17/h1-9,12-14,18,20H,10-11H2. The van der Waals surface area contributed by atoms with E-state index in [9.17, 15) is 9.59 Å². The van der Waals surface area contributed by atoms with Gasteiger partial charge in [-0.3, -0.25) is 14.2 Å². The van der Waals surface area contributed by atoms with Crippen LogP contribution in [0, 0.1) is 5.92 Å². The van der Waals surface area contributed by atoms with Gasteiger partial charge in [-0.1, -0.05) is 41.9 Å². The molecular weight excluding hydrogens is 362 g/mol. The predicted molar refractivity (Wildman–Crippen MR) is 104 cm³/mol. The Kier molecular flexibility index (Phi) is 4.77. The Labute approximate surface area is 162 Å². The zero-order valence-electron chi connectivity index (χ0n) is 14.5. The minimum Gasteiger partial charge on any atom is -0.304 e. The minimum absolute atomic E-state index is 0.0100. The van der Waals surface area contributed by atoms with Gasteiger partial charge in [-0.05, 0) is 36.2 Å². The number of hydrogen-bond donors (Lipinski definition) is 0. The maximum atomic E-state index is 13.2. The first kappa shape index (κ1) is 17.5. The maximum absolute atomic E-state index is 13.2. The fourth-order valence-corrected chi connectivity index (χ4v) is 3.79. The topological polar surface area (TPSA) is 55.2 Å². The second-order valence-electron chi connectivity index (χ2n) is 6.55. The summed E-state index contributed by atoms with van der Waals surface area (Å²) in [5, 5.41) is 0.615. The fourth-order valence-electron chi connectivity index (χ4n) is 3.67. The molecule has 2 atom stereocenters. The molecule has 4 rings (SSSR count). The van der Waals surface area contributed by atoms with Crippen molar-refractivity contribution in [2.24, 2.45) is 5.92 Å². The highest BCUT2D eigenvalue weighted by molar-refractivity contribution is 6.30. The number of nitrogens with zero attached hydrogens (tertiary/aromatic N) is 3. The summed E-state index contributed by atoms with van der Waals surface area (Å²) in [6.07, 6.45) is 5.55. The Morgan fingerprint density at radius 2 is 1.81 bits per heavy atom. The lowest BCUT2D eigenvalue weighted by Gasteiger charge is -2.40. The Bertz CT molecular complexity index is 939. The normalized spacial score (nSPS) is 19.9. The lowest BCUT2D eigenvalue weighted by atomic mass is 9.83. The third-order valence-corrected chi connectivity index (χ3v) is 5.17. The van der Waals surface area contributed by atoms with Crippen LogP contribution in [0.3, 0.4) is 0 Å². The molecule has 1 aliphatic heterocycles. The smallest absolute Gasteiger partial charge is 0.237 e. The van der Waals surface area contributed by atoms with Crippen molar-refractivity contribution >= 4 is 29.1 Å². The highest BCUT2D eigenvalue weighted by atomic mass is 35.5. The summed E-state index contributed by atoms with van der Waals surface area (Å²) in [4.78, 5) is 31.7. The number of carbonyl (C=O) groups is 2. The van der Waals surface area contributed by atoms with Crippen LogP contribution in [0.1, 0.15) is 29.2 Å². The van der Waals surface area contributed by atoms with Gasteiger partial charge in [-0.2, -0.15) is 0 Å². The molecule has 1 amide bonds. The van der Waals surface area contributed by atoms with Crippen molar-refractivity contribution in [3.63, 3.8) is 0 Å². The second kappa shape index (κ2) is 7.37. The van der Waals surface area contributed by atoms with E-state index in [1.165, 1.54) is 10.9 Å². The Morgan fingerprint density at radius 1 is 1.07 bits per heavy atom. The van der Waals surface area contributed by atoms with Crippen molar-refractivity contribution in [2.45, 2.75) is 18.9 Å². The average molecular weight is 380 g/mol. The molecule has 0 N–H and O–H groups in total. The lowest BCUT2D eigenvalue weighted by molar-refractivity contribution is -0.120. The van der Waals surface area contributed by atoms with Crippen molar-refractivity contribution < 1.29 is 9.59 Å². The first-order valence-corrected chi connectivity index (χ1v) is 9.17. The van der Waals surface area contributed by atoms with Crippen LogP contribution in [-0.2, 0) is 4.79 Å². The molecule has 3 aromatic rings. The van der Waals surface area contributed by atoms with Crippen LogP contribution in [-0.4, -0.2) is 21.4 Å². The van der Waals surface area contributed by atoms with Gasteiger partial charge >= 0.3 is 0 Å². The van der Waals surface area contributed by atoms with Crippen LogP contribution in [0.25, 0.3) is 0 Å². The summed E-state index contributed by atoms with van der Waals surface area (Å²) < 4.78 is 1.49. The van der Waals surface area contributed by atoms with E-state index in [1.807, 2.05) is 42.5 Å². The molecule has 0 spiro atoms. The zero-order valence-corrected chi connectivity index (χ0v) is 15.3. The van der Waals surface area contributed by atoms with E-state index in [0.29, 0.717) is 17.9 Å². The number of aromatic nitrogens is 2. The van der Waals surface area contributed by atoms with Gasteiger partial charge < -0.3 is 4.90 Å². The SMILES string of the molecule is O=C1CCC(C(=O)n2ccnc2)C(c2ccc(Cl)cc2)N1c1ccccc1. The van der Waals surface area contributed by atoms with Crippen molar-refractivity contribution in [2.75, 3.05) is 4.90 Å². The molecule has 1 aliphatic rings. The molecule has 1 fully saturated rings. The summed E-state index contributed by atoms with van der Waals surface area (Å²) in [6.45, 7) is 0. The number of halogens is 1. The maximum Gasteiger partial charge on any atom is 0.237 e. The summed E-state index contributed by atoms with van der Waals surface area (Å²) in [5.74, 6) is -0.435. The van der Waals surface area contributed by atoms with Crippen LogP contribution in [0.5, 0.6) is 0 Å². The van der Waals surface area contributed by atoms with Gasteiger partial charge in [0.05, 0.1) is 12.0 Å². The van der Waals surface area contributed by atoms with Crippen LogP contribution >= 0.6 is 11.6 Å². The molecule has 1 aromatic heterocycles. The molecule has 27 heavy (non-hydrogen) atoms. The summed E-state index contributed by atoms with van der Waals surface area (Å²) in [7, 11) is 0. The second-order valence-corrected chi connectivity index (χ2v) is 6.99. The molecule has 0 saturated carbocycles. The van der Waals surface area contributed by atoms with Gasteiger partial charge in [0.25, 0.3) is 0 Å². The van der Waals surface area contributed by atoms with Gasteiger partial charge in [0.2, 0.25) is 11.8 Å². The van der Waals surface area contributed by atoms with Gasteiger partial charge in [-0.25, -0.2) is 4.98 Å². The van der Waals surface area contributed by atoms with E-state index in [0.717, 1.165) is 11.3 Å². The van der Waals surface area contributed by atoms with Crippen molar-refractivity contribution in [3.05, 3.63) is 83.9 Å². The van der Waals surface area contributed by atoms with Crippen LogP contribution in [0.15, 0.2) is 73.3 Å². The number of anilines is 1. The molecule has 6 heteroatoms. The number of piperidine rings is 1. The van der Waals surface area contributed by atoms with Crippen LogP contribution in [0.4, 0.5) is 5.69 Å². The van der Waals surface area contributed by atoms with E-state index in [1.54, 1.807) is 29.4 Å². The molecule has 1 saturated heterocycles. The average Bonchev–Trinajstić information content (AvgIpc) is 3.23. The van der Waals surface area contributed by atoms with E-state index >= 15 is 0 Å². The van der Waals surface area contributed by atoms with E-state index in [4.69, 9.17) is 11.6 Å². The number of hydrogen-bond acceptors (Lipinski definition) is 3. The predicted octanol–water partition coefficient (Wildman–Crippen LogP) is 4.36. The fraction of sp³-hybridized carbons (Fsp3) is 0.190. The Balaban J connectivity index is 1.81. The molecule has 136 valence electrons. The zero-order chi connectivity index (χ0) is 18.8. The Morgan fingerprint density at radius 3 is 2.48 bits per heavy atom. The molecule has 0 bridgehead atoms. The quantitative estimate of drug-likeness (QED) is 0.679. The summed E-state index contributed by atoms with van der Waals surface area (Å²) >= 11 is 6.05. The number of carbonyl (C=O) groups excluding carboxylic acids is 2. The van der Waals surface area contributed by atoms with E-state index in [2.05, 4.69) is 4.98 Å². The number of para-hydroxylation sites is 1. The molecule has 0 aliphatic carbocycles.